The molecule has 3 aromatic rings. The molecule has 1 heterocycles. The number of H-pyrrole nitrogens is 1. The number of carbonyl (C=O) groups excluding carboxylic acids is 1. The van der Waals surface area contributed by atoms with Crippen LogP contribution in [0.2, 0.25) is 0 Å². The number of carbonyl (C=O) groups is 1. The van der Waals surface area contributed by atoms with Crippen LogP contribution in [0.3, 0.4) is 0 Å². The van der Waals surface area contributed by atoms with Gasteiger partial charge in [-0.2, -0.15) is 0 Å². The summed E-state index contributed by atoms with van der Waals surface area (Å²) in [5.74, 6) is 0.289. The van der Waals surface area contributed by atoms with Crippen molar-refractivity contribution >= 4 is 16.9 Å². The van der Waals surface area contributed by atoms with E-state index in [2.05, 4.69) is 15.3 Å². The molecule has 0 saturated heterocycles. The van der Waals surface area contributed by atoms with Crippen LogP contribution in [0.25, 0.3) is 11.0 Å². The van der Waals surface area contributed by atoms with Crippen LogP contribution in [-0.4, -0.2) is 21.9 Å². The Morgan fingerprint density at radius 1 is 1.21 bits per heavy atom. The van der Waals surface area contributed by atoms with Gasteiger partial charge in [0.1, 0.15) is 11.6 Å². The highest BCUT2D eigenvalue weighted by Gasteiger charge is 2.11. The number of amides is 1. The van der Waals surface area contributed by atoms with Gasteiger partial charge in [-0.05, 0) is 36.2 Å². The zero-order chi connectivity index (χ0) is 16.9. The largest absolute Gasteiger partial charge is 0.349 e. The van der Waals surface area contributed by atoms with E-state index in [4.69, 9.17) is 5.73 Å². The number of benzene rings is 2. The van der Waals surface area contributed by atoms with Crippen molar-refractivity contribution in [1.29, 1.82) is 0 Å². The first-order valence-corrected chi connectivity index (χ1v) is 7.80. The van der Waals surface area contributed by atoms with Crippen molar-refractivity contribution in [3.8, 4) is 0 Å². The Labute approximate surface area is 139 Å². The summed E-state index contributed by atoms with van der Waals surface area (Å²) in [6.07, 6.45) is 0.732. The fraction of sp³-hybridized carbons (Fsp3) is 0.222. The van der Waals surface area contributed by atoms with E-state index in [1.165, 1.54) is 12.1 Å². The van der Waals surface area contributed by atoms with Crippen LogP contribution < -0.4 is 11.1 Å². The van der Waals surface area contributed by atoms with Crippen molar-refractivity contribution in [3.63, 3.8) is 0 Å². The lowest BCUT2D eigenvalue weighted by Gasteiger charge is -2.11. The van der Waals surface area contributed by atoms with E-state index in [1.54, 1.807) is 12.1 Å². The molecule has 24 heavy (non-hydrogen) atoms. The van der Waals surface area contributed by atoms with Crippen molar-refractivity contribution in [2.45, 2.75) is 25.4 Å². The molecule has 4 N–H and O–H groups in total. The van der Waals surface area contributed by atoms with Crippen LogP contribution in [-0.2, 0) is 17.8 Å². The summed E-state index contributed by atoms with van der Waals surface area (Å²) in [6.45, 7) is 0.330. The molecule has 0 aliphatic rings. The van der Waals surface area contributed by atoms with Crippen LogP contribution >= 0.6 is 0 Å². The zero-order valence-corrected chi connectivity index (χ0v) is 13.1. The van der Waals surface area contributed by atoms with E-state index < -0.39 is 0 Å². The van der Waals surface area contributed by atoms with Gasteiger partial charge in [-0.15, -0.1) is 0 Å². The third kappa shape index (κ3) is 4.17. The summed E-state index contributed by atoms with van der Waals surface area (Å²) in [7, 11) is 0. The smallest absolute Gasteiger partial charge is 0.221 e. The highest BCUT2D eigenvalue weighted by atomic mass is 19.1. The molecular weight excluding hydrogens is 307 g/mol. The van der Waals surface area contributed by atoms with Crippen LogP contribution in [0.5, 0.6) is 0 Å². The second-order valence-corrected chi connectivity index (χ2v) is 5.77. The number of aromatic nitrogens is 2. The molecule has 0 unspecified atom stereocenters. The minimum Gasteiger partial charge on any atom is -0.349 e. The van der Waals surface area contributed by atoms with E-state index in [9.17, 15) is 9.18 Å². The van der Waals surface area contributed by atoms with Gasteiger partial charge < -0.3 is 16.0 Å². The van der Waals surface area contributed by atoms with Crippen LogP contribution in [0.1, 0.15) is 17.8 Å². The van der Waals surface area contributed by atoms with Crippen LogP contribution in [0, 0.1) is 5.82 Å². The number of rotatable bonds is 6. The minimum atomic E-state index is -0.314. The number of nitrogens with zero attached hydrogens (tertiary/aromatic N) is 1. The third-order valence-electron chi connectivity index (χ3n) is 3.75. The summed E-state index contributed by atoms with van der Waals surface area (Å²) in [6, 6.07) is 13.5. The maximum absolute atomic E-state index is 12.9. The summed E-state index contributed by atoms with van der Waals surface area (Å²) in [4.78, 5) is 19.6. The molecule has 1 amide bonds. The molecule has 0 spiro atoms. The van der Waals surface area contributed by atoms with Gasteiger partial charge >= 0.3 is 0 Å². The van der Waals surface area contributed by atoms with E-state index in [0.29, 0.717) is 18.8 Å². The average molecular weight is 326 g/mol. The van der Waals surface area contributed by atoms with Gasteiger partial charge in [-0.25, -0.2) is 9.37 Å². The normalized spacial score (nSPS) is 12.2. The van der Waals surface area contributed by atoms with Gasteiger partial charge in [-0.1, -0.05) is 24.3 Å². The number of hydrogen-bond donors (Lipinski definition) is 3. The predicted octanol–water partition coefficient (Wildman–Crippen LogP) is 2.28. The second kappa shape index (κ2) is 7.23. The fourth-order valence-corrected chi connectivity index (χ4v) is 2.58. The van der Waals surface area contributed by atoms with Crippen molar-refractivity contribution in [2.24, 2.45) is 5.73 Å². The average Bonchev–Trinajstić information content (AvgIpc) is 2.98. The first-order valence-electron chi connectivity index (χ1n) is 7.80. The topological polar surface area (TPSA) is 83.8 Å². The maximum atomic E-state index is 12.9. The molecule has 6 heteroatoms. The Morgan fingerprint density at radius 2 is 1.96 bits per heavy atom. The first-order chi connectivity index (χ1) is 11.6. The third-order valence-corrected chi connectivity index (χ3v) is 3.75. The number of nitrogens with two attached hydrogens (primary N) is 1. The number of para-hydroxylation sites is 2. The van der Waals surface area contributed by atoms with E-state index in [1.807, 2.05) is 24.3 Å². The summed E-state index contributed by atoms with van der Waals surface area (Å²) < 4.78 is 12.9. The number of hydrogen-bond acceptors (Lipinski definition) is 3. The van der Waals surface area contributed by atoms with Crippen molar-refractivity contribution in [1.82, 2.24) is 15.3 Å². The number of fused-ring (bicyclic) bond motifs is 1. The van der Waals surface area contributed by atoms with Gasteiger partial charge in [-0.3, -0.25) is 4.79 Å². The molecule has 1 atom stereocenters. The fourth-order valence-electron chi connectivity index (χ4n) is 2.58. The molecule has 3 rings (SSSR count). The highest BCUT2D eigenvalue weighted by molar-refractivity contribution is 5.77. The Hall–Kier alpha value is -2.73. The molecule has 0 fully saturated rings. The summed E-state index contributed by atoms with van der Waals surface area (Å²) in [5.41, 5.74) is 8.72. The number of halogens is 1. The van der Waals surface area contributed by atoms with Gasteiger partial charge in [0.05, 0.1) is 17.6 Å². The van der Waals surface area contributed by atoms with Crippen LogP contribution in [0.4, 0.5) is 4.39 Å². The first kappa shape index (κ1) is 16.1. The number of nitrogens with one attached hydrogen (secondary N) is 2. The molecule has 5 nitrogen and oxygen atoms in total. The molecule has 124 valence electrons. The molecule has 0 aliphatic heterocycles. The molecular formula is C18H19FN4O. The Balaban J connectivity index is 1.48. The van der Waals surface area contributed by atoms with Gasteiger partial charge in [0.2, 0.25) is 5.91 Å². The van der Waals surface area contributed by atoms with Crippen molar-refractivity contribution < 1.29 is 9.18 Å². The van der Waals surface area contributed by atoms with Crippen molar-refractivity contribution in [2.75, 3.05) is 0 Å². The van der Waals surface area contributed by atoms with Crippen molar-refractivity contribution in [3.05, 3.63) is 65.7 Å². The Morgan fingerprint density at radius 3 is 2.71 bits per heavy atom. The number of aromatic amines is 1. The lowest BCUT2D eigenvalue weighted by Crippen LogP contribution is -2.33. The standard InChI is InChI=1S/C18H19FN4O/c19-13-7-5-12(6-8-13)9-14(20)10-18(24)21-11-17-22-15-3-1-2-4-16(15)23-17/h1-8,14H,9-11,20H2,(H,21,24)(H,22,23)/t14-/m1/s1. The molecule has 0 aliphatic carbocycles. The maximum Gasteiger partial charge on any atom is 0.221 e. The van der Waals surface area contributed by atoms with Crippen LogP contribution in [0.15, 0.2) is 48.5 Å². The lowest BCUT2D eigenvalue weighted by atomic mass is 10.0. The SMILES string of the molecule is N[C@@H](CC(=O)NCc1nc2ccccc2[nH]1)Cc1ccc(F)cc1. The zero-order valence-electron chi connectivity index (χ0n) is 13.1. The molecule has 0 saturated carbocycles. The molecule has 2 aromatic carbocycles. The van der Waals surface area contributed by atoms with Gasteiger partial charge in [0.25, 0.3) is 0 Å². The van der Waals surface area contributed by atoms with Gasteiger partial charge in [0.15, 0.2) is 0 Å². The van der Waals surface area contributed by atoms with E-state index >= 15 is 0 Å². The highest BCUT2D eigenvalue weighted by Crippen LogP contribution is 2.10. The Bertz CT molecular complexity index is 795. The minimum absolute atomic E-state index is 0.134. The van der Waals surface area contributed by atoms with E-state index in [0.717, 1.165) is 16.6 Å². The summed E-state index contributed by atoms with van der Waals surface area (Å²) >= 11 is 0. The predicted molar refractivity (Wildman–Crippen MR) is 90.6 cm³/mol. The quantitative estimate of drug-likeness (QED) is 0.650. The van der Waals surface area contributed by atoms with E-state index in [-0.39, 0.29) is 24.2 Å². The Kier molecular flexibility index (Phi) is 4.86. The number of imidazole rings is 1. The monoisotopic (exact) mass is 326 g/mol. The summed E-state index contributed by atoms with van der Waals surface area (Å²) in [5, 5.41) is 2.81. The molecule has 1 aromatic heterocycles. The molecule has 0 radical (unpaired) electrons. The second-order valence-electron chi connectivity index (χ2n) is 5.77. The molecule has 0 bridgehead atoms. The van der Waals surface area contributed by atoms with Gasteiger partial charge in [0, 0.05) is 12.5 Å². The lowest BCUT2D eigenvalue weighted by molar-refractivity contribution is -0.121.